The summed E-state index contributed by atoms with van der Waals surface area (Å²) < 4.78 is 5.84. The van der Waals surface area contributed by atoms with Crippen LogP contribution in [0.4, 0.5) is 5.69 Å². The largest absolute Gasteiger partial charge is 0.481 e. The summed E-state index contributed by atoms with van der Waals surface area (Å²) in [5, 5.41) is 3.71. The van der Waals surface area contributed by atoms with Crippen LogP contribution in [0.25, 0.3) is 0 Å². The molecule has 2 rings (SSSR count). The van der Waals surface area contributed by atoms with Crippen LogP contribution >= 0.6 is 23.2 Å². The monoisotopic (exact) mass is 351 g/mol. The van der Waals surface area contributed by atoms with Gasteiger partial charge in [-0.3, -0.25) is 4.79 Å². The van der Waals surface area contributed by atoms with E-state index in [1.807, 2.05) is 32.9 Å². The van der Waals surface area contributed by atoms with E-state index in [-0.39, 0.29) is 5.91 Å². The zero-order valence-corrected chi connectivity index (χ0v) is 14.8. The first-order valence-corrected chi connectivity index (χ1v) is 8.15. The molecule has 0 bridgehead atoms. The van der Waals surface area contributed by atoms with Gasteiger partial charge in [0.15, 0.2) is 6.10 Å². The minimum absolute atomic E-state index is 0.254. The molecule has 0 saturated heterocycles. The zero-order valence-electron chi connectivity index (χ0n) is 13.3. The molecule has 0 aromatic heterocycles. The van der Waals surface area contributed by atoms with Crippen LogP contribution in [-0.2, 0) is 4.79 Å². The third-order valence-corrected chi connectivity index (χ3v) is 3.89. The number of carbonyl (C=O) groups excluding carboxylic acids is 1. The van der Waals surface area contributed by atoms with Crippen LogP contribution < -0.4 is 10.1 Å². The first kappa shape index (κ1) is 17.6. The summed E-state index contributed by atoms with van der Waals surface area (Å²) in [6.07, 6.45) is -0.0666. The number of benzene rings is 2. The molecule has 23 heavy (non-hydrogen) atoms. The average Bonchev–Trinajstić information content (AvgIpc) is 2.47. The van der Waals surface area contributed by atoms with Crippen molar-refractivity contribution in [3.05, 3.63) is 57.6 Å². The Kier molecular flexibility index (Phi) is 5.91. The highest BCUT2D eigenvalue weighted by atomic mass is 35.5. The molecule has 1 N–H and O–H groups in total. The van der Waals surface area contributed by atoms with Gasteiger partial charge in [-0.15, -0.1) is 0 Å². The quantitative estimate of drug-likeness (QED) is 0.782. The van der Waals surface area contributed by atoms with Gasteiger partial charge in [-0.25, -0.2) is 0 Å². The molecule has 0 heterocycles. The lowest BCUT2D eigenvalue weighted by Gasteiger charge is -2.18. The maximum Gasteiger partial charge on any atom is 0.265 e. The standard InChI is InChI=1S/C18H19Cl2NO2/c1-4-17(23-14-8-11(2)7-12(3)9-14)18(22)21-16-10-13(19)5-6-15(16)20/h5-10,17H,4H2,1-3H3,(H,21,22)/t17-/m0/s1. The fraction of sp³-hybridized carbons (Fsp3) is 0.278. The van der Waals surface area contributed by atoms with Gasteiger partial charge < -0.3 is 10.1 Å². The number of hydrogen-bond acceptors (Lipinski definition) is 2. The first-order chi connectivity index (χ1) is 10.9. The fourth-order valence-corrected chi connectivity index (χ4v) is 2.63. The van der Waals surface area contributed by atoms with Crippen molar-refractivity contribution in [3.8, 4) is 5.75 Å². The normalized spacial score (nSPS) is 11.9. The SMILES string of the molecule is CC[C@H](Oc1cc(C)cc(C)c1)C(=O)Nc1cc(Cl)ccc1Cl. The summed E-state index contributed by atoms with van der Waals surface area (Å²) in [7, 11) is 0. The number of aryl methyl sites for hydroxylation is 2. The summed E-state index contributed by atoms with van der Waals surface area (Å²) in [6, 6.07) is 10.8. The molecule has 1 amide bonds. The highest BCUT2D eigenvalue weighted by molar-refractivity contribution is 6.35. The van der Waals surface area contributed by atoms with Gasteiger partial charge in [0.1, 0.15) is 5.75 Å². The van der Waals surface area contributed by atoms with Crippen molar-refractivity contribution in [2.24, 2.45) is 0 Å². The van der Waals surface area contributed by atoms with Crippen LogP contribution in [0.15, 0.2) is 36.4 Å². The Labute approximate surface area is 146 Å². The van der Waals surface area contributed by atoms with Crippen molar-refractivity contribution in [1.29, 1.82) is 0 Å². The van der Waals surface area contributed by atoms with Crippen LogP contribution in [0.3, 0.4) is 0 Å². The van der Waals surface area contributed by atoms with Crippen molar-refractivity contribution < 1.29 is 9.53 Å². The molecule has 0 saturated carbocycles. The van der Waals surface area contributed by atoms with Crippen LogP contribution in [0.2, 0.25) is 10.0 Å². The third kappa shape index (κ3) is 4.88. The number of halogens is 2. The van der Waals surface area contributed by atoms with Gasteiger partial charge in [-0.1, -0.05) is 36.2 Å². The van der Waals surface area contributed by atoms with Gasteiger partial charge >= 0.3 is 0 Å². The van der Waals surface area contributed by atoms with Crippen molar-refractivity contribution in [1.82, 2.24) is 0 Å². The molecule has 0 fully saturated rings. The Bertz CT molecular complexity index is 696. The maximum atomic E-state index is 12.4. The van der Waals surface area contributed by atoms with E-state index in [0.29, 0.717) is 27.9 Å². The molecular formula is C18H19Cl2NO2. The summed E-state index contributed by atoms with van der Waals surface area (Å²) >= 11 is 12.0. The molecule has 3 nitrogen and oxygen atoms in total. The van der Waals surface area contributed by atoms with Gasteiger partial charge in [-0.05, 0) is 61.7 Å². The minimum Gasteiger partial charge on any atom is -0.481 e. The average molecular weight is 352 g/mol. The van der Waals surface area contributed by atoms with Gasteiger partial charge in [-0.2, -0.15) is 0 Å². The van der Waals surface area contributed by atoms with E-state index < -0.39 is 6.10 Å². The van der Waals surface area contributed by atoms with Gasteiger partial charge in [0.05, 0.1) is 10.7 Å². The summed E-state index contributed by atoms with van der Waals surface area (Å²) in [4.78, 5) is 12.4. The number of amides is 1. The Morgan fingerprint density at radius 3 is 2.39 bits per heavy atom. The Morgan fingerprint density at radius 1 is 1.13 bits per heavy atom. The third-order valence-electron chi connectivity index (χ3n) is 3.32. The molecule has 0 aliphatic carbocycles. The van der Waals surface area contributed by atoms with Crippen molar-refractivity contribution in [3.63, 3.8) is 0 Å². The van der Waals surface area contributed by atoms with E-state index in [4.69, 9.17) is 27.9 Å². The topological polar surface area (TPSA) is 38.3 Å². The number of anilines is 1. The van der Waals surface area contributed by atoms with Gasteiger partial charge in [0.2, 0.25) is 0 Å². The molecule has 2 aromatic rings. The minimum atomic E-state index is -0.605. The molecule has 5 heteroatoms. The second-order valence-electron chi connectivity index (χ2n) is 5.45. The lowest BCUT2D eigenvalue weighted by Crippen LogP contribution is -2.32. The summed E-state index contributed by atoms with van der Waals surface area (Å²) in [5.41, 5.74) is 2.66. The number of rotatable bonds is 5. The Balaban J connectivity index is 2.13. The van der Waals surface area contributed by atoms with Crippen molar-refractivity contribution in [2.75, 3.05) is 5.32 Å². The molecule has 0 aliphatic heterocycles. The van der Waals surface area contributed by atoms with E-state index >= 15 is 0 Å². The molecule has 0 spiro atoms. The molecular weight excluding hydrogens is 333 g/mol. The second kappa shape index (κ2) is 7.71. The number of carbonyl (C=O) groups is 1. The zero-order chi connectivity index (χ0) is 17.0. The predicted molar refractivity (Wildman–Crippen MR) is 95.7 cm³/mol. The molecule has 0 unspecified atom stereocenters. The highest BCUT2D eigenvalue weighted by Crippen LogP contribution is 2.26. The van der Waals surface area contributed by atoms with Crippen LogP contribution in [-0.4, -0.2) is 12.0 Å². The molecule has 1 atom stereocenters. The number of ether oxygens (including phenoxy) is 1. The van der Waals surface area contributed by atoms with Crippen LogP contribution in [0.5, 0.6) is 5.75 Å². The summed E-state index contributed by atoms with van der Waals surface area (Å²) in [6.45, 7) is 5.88. The van der Waals surface area contributed by atoms with E-state index in [9.17, 15) is 4.79 Å². The van der Waals surface area contributed by atoms with Crippen molar-refractivity contribution in [2.45, 2.75) is 33.3 Å². The van der Waals surface area contributed by atoms with Gasteiger partial charge in [0.25, 0.3) is 5.91 Å². The van der Waals surface area contributed by atoms with Crippen LogP contribution in [0, 0.1) is 13.8 Å². The first-order valence-electron chi connectivity index (χ1n) is 7.40. The predicted octanol–water partition coefficient (Wildman–Crippen LogP) is 5.41. The fourth-order valence-electron chi connectivity index (χ4n) is 2.29. The molecule has 0 radical (unpaired) electrons. The van der Waals surface area contributed by atoms with Gasteiger partial charge in [0, 0.05) is 5.02 Å². The van der Waals surface area contributed by atoms with E-state index in [1.54, 1.807) is 18.2 Å². The maximum absolute atomic E-state index is 12.4. The smallest absolute Gasteiger partial charge is 0.265 e. The number of hydrogen-bond donors (Lipinski definition) is 1. The highest BCUT2D eigenvalue weighted by Gasteiger charge is 2.19. The lowest BCUT2D eigenvalue weighted by molar-refractivity contribution is -0.122. The second-order valence-corrected chi connectivity index (χ2v) is 6.30. The molecule has 2 aromatic carbocycles. The summed E-state index contributed by atoms with van der Waals surface area (Å²) in [5.74, 6) is 0.428. The number of nitrogens with one attached hydrogen (secondary N) is 1. The Morgan fingerprint density at radius 2 is 1.78 bits per heavy atom. The van der Waals surface area contributed by atoms with E-state index in [2.05, 4.69) is 11.4 Å². The van der Waals surface area contributed by atoms with E-state index in [1.165, 1.54) is 0 Å². The van der Waals surface area contributed by atoms with Crippen molar-refractivity contribution >= 4 is 34.8 Å². The van der Waals surface area contributed by atoms with E-state index in [0.717, 1.165) is 11.1 Å². The molecule has 122 valence electrons. The Hall–Kier alpha value is -1.71. The van der Waals surface area contributed by atoms with Crippen LogP contribution in [0.1, 0.15) is 24.5 Å². The lowest BCUT2D eigenvalue weighted by atomic mass is 10.1. The molecule has 0 aliphatic rings.